The Morgan fingerprint density at radius 2 is 1.62 bits per heavy atom. The molecule has 1 heterocycles. The van der Waals surface area contributed by atoms with Crippen LogP contribution in [0.25, 0.3) is 0 Å². The lowest BCUT2D eigenvalue weighted by Gasteiger charge is -2.21. The first kappa shape index (κ1) is 24.5. The van der Waals surface area contributed by atoms with Crippen molar-refractivity contribution in [1.29, 1.82) is 0 Å². The van der Waals surface area contributed by atoms with Crippen LogP contribution in [0.2, 0.25) is 5.02 Å². The van der Waals surface area contributed by atoms with Crippen LogP contribution in [0.4, 0.5) is 18.9 Å². The molecule has 0 aromatic heterocycles. The van der Waals surface area contributed by atoms with Gasteiger partial charge in [0.15, 0.2) is 0 Å². The Balaban J connectivity index is 1.69. The zero-order chi connectivity index (χ0) is 24.8. The number of hydrogen-bond acceptors (Lipinski definition) is 2. The minimum Gasteiger partial charge on any atom is -0.348 e. The second-order valence-corrected chi connectivity index (χ2v) is 10.0. The molecule has 3 aromatic carbocycles. The summed E-state index contributed by atoms with van der Waals surface area (Å²) in [7, 11) is 0. The van der Waals surface area contributed by atoms with E-state index in [1.807, 2.05) is 22.6 Å². The Morgan fingerprint density at radius 1 is 1.03 bits per heavy atom. The van der Waals surface area contributed by atoms with E-state index < -0.39 is 28.8 Å². The number of amides is 2. The van der Waals surface area contributed by atoms with Gasteiger partial charge in [-0.3, -0.25) is 9.59 Å². The number of benzene rings is 3. The number of halogens is 5. The Kier molecular flexibility index (Phi) is 6.65. The molecule has 3 aromatic rings. The molecule has 0 radical (unpaired) electrons. The van der Waals surface area contributed by atoms with Gasteiger partial charge < -0.3 is 10.2 Å². The van der Waals surface area contributed by atoms with E-state index in [1.165, 1.54) is 29.2 Å². The molecule has 1 aliphatic rings. The van der Waals surface area contributed by atoms with Gasteiger partial charge in [0, 0.05) is 37.4 Å². The summed E-state index contributed by atoms with van der Waals surface area (Å²) in [4.78, 5) is 27.6. The second-order valence-electron chi connectivity index (χ2n) is 8.45. The Labute approximate surface area is 213 Å². The quantitative estimate of drug-likeness (QED) is 0.360. The van der Waals surface area contributed by atoms with Crippen molar-refractivity contribution in [3.8, 4) is 0 Å². The lowest BCUT2D eigenvalue weighted by Crippen LogP contribution is -2.36. The van der Waals surface area contributed by atoms with Crippen LogP contribution >= 0.6 is 34.2 Å². The van der Waals surface area contributed by atoms with E-state index in [9.17, 15) is 22.8 Å². The molecule has 0 unspecified atom stereocenters. The molecular weight excluding hydrogens is 580 g/mol. The van der Waals surface area contributed by atoms with Crippen LogP contribution in [0.3, 0.4) is 0 Å². The molecule has 0 atom stereocenters. The summed E-state index contributed by atoms with van der Waals surface area (Å²) >= 11 is 8.23. The van der Waals surface area contributed by atoms with Crippen molar-refractivity contribution in [3.05, 3.63) is 96.8 Å². The third kappa shape index (κ3) is 4.29. The molecule has 4 nitrogen and oxygen atoms in total. The van der Waals surface area contributed by atoms with E-state index in [0.29, 0.717) is 14.8 Å². The van der Waals surface area contributed by atoms with Gasteiger partial charge in [-0.15, -0.1) is 0 Å². The summed E-state index contributed by atoms with van der Waals surface area (Å²) in [6.45, 7) is 3.08. The number of fused-ring (bicyclic) bond motifs is 1. The fraction of sp³-hybridized carbons (Fsp3) is 0.200. The first-order chi connectivity index (χ1) is 16.0. The summed E-state index contributed by atoms with van der Waals surface area (Å²) in [5.41, 5.74) is 0.384. The van der Waals surface area contributed by atoms with Gasteiger partial charge >= 0.3 is 0 Å². The van der Waals surface area contributed by atoms with E-state index in [1.54, 1.807) is 26.0 Å². The molecule has 176 valence electrons. The van der Waals surface area contributed by atoms with Gasteiger partial charge in [0.05, 0.1) is 17.6 Å². The first-order valence-corrected chi connectivity index (χ1v) is 11.8. The van der Waals surface area contributed by atoms with Crippen LogP contribution in [0.5, 0.6) is 0 Å². The molecule has 1 N–H and O–H groups in total. The number of carbonyl (C=O) groups is 2. The molecule has 0 spiro atoms. The van der Waals surface area contributed by atoms with Crippen molar-refractivity contribution in [1.82, 2.24) is 5.32 Å². The topological polar surface area (TPSA) is 49.4 Å². The van der Waals surface area contributed by atoms with Crippen LogP contribution in [0.1, 0.15) is 40.9 Å². The number of carbonyl (C=O) groups excluding carboxylic acids is 2. The molecule has 0 fully saturated rings. The Morgan fingerprint density at radius 3 is 2.24 bits per heavy atom. The highest BCUT2D eigenvalue weighted by atomic mass is 127. The van der Waals surface area contributed by atoms with Gasteiger partial charge in [-0.05, 0) is 72.8 Å². The molecule has 9 heteroatoms. The van der Waals surface area contributed by atoms with Crippen molar-refractivity contribution in [2.45, 2.75) is 32.4 Å². The van der Waals surface area contributed by atoms with Crippen molar-refractivity contribution in [2.75, 3.05) is 4.90 Å². The summed E-state index contributed by atoms with van der Waals surface area (Å²) in [6.07, 6.45) is 0. The second kappa shape index (κ2) is 9.22. The van der Waals surface area contributed by atoms with Crippen molar-refractivity contribution in [2.24, 2.45) is 0 Å². The SMILES string of the molecule is CC1(C)C(=O)N(Cc2c(F)cccc2Cl)c2cc(C(=O)NCc3c(F)cccc3F)cc(I)c21. The van der Waals surface area contributed by atoms with Gasteiger partial charge in [0.25, 0.3) is 5.91 Å². The summed E-state index contributed by atoms with van der Waals surface area (Å²) in [5.74, 6) is -2.88. The zero-order valence-corrected chi connectivity index (χ0v) is 21.1. The number of hydrogen-bond donors (Lipinski definition) is 1. The standard InChI is InChI=1S/C25H19ClF3IN2O2/c1-25(2)22-20(30)9-13(23(33)31-11-14-17(27)7-4-8-18(14)28)10-21(22)32(24(25)34)12-15-16(26)5-3-6-19(15)29/h3-10H,11-12H2,1-2H3,(H,31,33). The minimum absolute atomic E-state index is 0.109. The molecule has 34 heavy (non-hydrogen) atoms. The lowest BCUT2D eigenvalue weighted by atomic mass is 9.86. The highest BCUT2D eigenvalue weighted by Gasteiger charge is 2.46. The third-order valence-electron chi connectivity index (χ3n) is 5.89. The fourth-order valence-corrected chi connectivity index (χ4v) is 5.59. The highest BCUT2D eigenvalue weighted by molar-refractivity contribution is 14.1. The largest absolute Gasteiger partial charge is 0.348 e. The monoisotopic (exact) mass is 598 g/mol. The van der Waals surface area contributed by atoms with Gasteiger partial charge in [-0.25, -0.2) is 13.2 Å². The number of anilines is 1. The molecule has 0 saturated carbocycles. The van der Waals surface area contributed by atoms with E-state index in [0.717, 1.165) is 12.1 Å². The normalized spacial score (nSPS) is 14.3. The lowest BCUT2D eigenvalue weighted by molar-refractivity contribution is -0.122. The smallest absolute Gasteiger partial charge is 0.251 e. The summed E-state index contributed by atoms with van der Waals surface area (Å²) < 4.78 is 43.0. The molecule has 1 aliphatic heterocycles. The maximum absolute atomic E-state index is 14.5. The number of rotatable bonds is 5. The zero-order valence-electron chi connectivity index (χ0n) is 18.2. The third-order valence-corrected chi connectivity index (χ3v) is 7.10. The van der Waals surface area contributed by atoms with Crippen LogP contribution < -0.4 is 10.2 Å². The predicted octanol–water partition coefficient (Wildman–Crippen LogP) is 6.12. The highest BCUT2D eigenvalue weighted by Crippen LogP contribution is 2.45. The van der Waals surface area contributed by atoms with E-state index in [4.69, 9.17) is 11.6 Å². The van der Waals surface area contributed by atoms with Crippen molar-refractivity contribution < 1.29 is 22.8 Å². The Bertz CT molecular complexity index is 1290. The summed E-state index contributed by atoms with van der Waals surface area (Å²) in [5, 5.41) is 2.71. The molecule has 0 aliphatic carbocycles. The van der Waals surface area contributed by atoms with Crippen molar-refractivity contribution in [3.63, 3.8) is 0 Å². The van der Waals surface area contributed by atoms with Gasteiger partial charge in [0.1, 0.15) is 17.5 Å². The van der Waals surface area contributed by atoms with E-state index >= 15 is 0 Å². The van der Waals surface area contributed by atoms with Gasteiger partial charge in [-0.2, -0.15) is 0 Å². The maximum atomic E-state index is 14.5. The van der Waals surface area contributed by atoms with Gasteiger partial charge in [-0.1, -0.05) is 23.7 Å². The number of nitrogens with one attached hydrogen (secondary N) is 1. The molecule has 4 rings (SSSR count). The molecule has 0 saturated heterocycles. The first-order valence-electron chi connectivity index (χ1n) is 10.3. The van der Waals surface area contributed by atoms with Crippen LogP contribution in [0, 0.1) is 21.0 Å². The van der Waals surface area contributed by atoms with E-state index in [-0.39, 0.29) is 40.7 Å². The molecule has 2 amide bonds. The van der Waals surface area contributed by atoms with Crippen LogP contribution in [-0.4, -0.2) is 11.8 Å². The molecular formula is C25H19ClF3IN2O2. The minimum atomic E-state index is -0.908. The number of nitrogens with zero attached hydrogens (tertiary/aromatic N) is 1. The predicted molar refractivity (Wildman–Crippen MR) is 132 cm³/mol. The van der Waals surface area contributed by atoms with Crippen LogP contribution in [-0.2, 0) is 23.3 Å². The maximum Gasteiger partial charge on any atom is 0.251 e. The van der Waals surface area contributed by atoms with Gasteiger partial charge in [0.2, 0.25) is 5.91 Å². The van der Waals surface area contributed by atoms with Crippen LogP contribution in [0.15, 0.2) is 48.5 Å². The van der Waals surface area contributed by atoms with Crippen molar-refractivity contribution >= 4 is 51.7 Å². The van der Waals surface area contributed by atoms with E-state index in [2.05, 4.69) is 5.32 Å². The average molecular weight is 599 g/mol. The Hall–Kier alpha value is -2.59. The summed E-state index contributed by atoms with van der Waals surface area (Å²) in [6, 6.07) is 10.9. The molecule has 0 bridgehead atoms. The fourth-order valence-electron chi connectivity index (χ4n) is 4.08. The average Bonchev–Trinajstić information content (AvgIpc) is 2.96.